The van der Waals surface area contributed by atoms with Crippen LogP contribution < -0.4 is 16.2 Å². The zero-order chi connectivity index (χ0) is 36.5. The summed E-state index contributed by atoms with van der Waals surface area (Å²) in [5, 5.41) is 16.2. The van der Waals surface area contributed by atoms with Crippen molar-refractivity contribution in [2.45, 2.75) is 93.8 Å². The molecule has 1 saturated heterocycles. The van der Waals surface area contributed by atoms with Gasteiger partial charge in [-0.1, -0.05) is 68.4 Å². The summed E-state index contributed by atoms with van der Waals surface area (Å²) in [7, 11) is 0. The number of aromatic nitrogens is 2. The lowest BCUT2D eigenvalue weighted by Gasteiger charge is -2.41. The average Bonchev–Trinajstić information content (AvgIpc) is 3.11. The number of Topliss-reactive ketones (excluding diaryl/α,β-unsaturated/α-hetero) is 2. The SMILES string of the molecule is CC(C)[C@H](NN[C@@H](Cc1ccccc1)[C@H](O)CN1CCC(Sc2ccncc2)CC1C(=O)NC(C)(C)C)C(=O)C(=O)c1ccc2ccccc2n1. The highest BCUT2D eigenvalue weighted by Crippen LogP contribution is 2.33. The first-order valence-corrected chi connectivity index (χ1v) is 18.6. The third kappa shape index (κ3) is 10.8. The number of fused-ring (bicyclic) bond motifs is 1. The molecule has 1 fully saturated rings. The van der Waals surface area contributed by atoms with Gasteiger partial charge in [-0.15, -0.1) is 11.8 Å². The second kappa shape index (κ2) is 17.5. The van der Waals surface area contributed by atoms with Crippen molar-refractivity contribution in [2.24, 2.45) is 5.92 Å². The minimum atomic E-state index is -0.923. The van der Waals surface area contributed by atoms with E-state index in [0.29, 0.717) is 24.9 Å². The fraction of sp³-hybridized carbons (Fsp3) is 0.425. The lowest BCUT2D eigenvalue weighted by Crippen LogP contribution is -2.61. The molecule has 4 N–H and O–H groups in total. The molecule has 2 aromatic heterocycles. The molecule has 0 radical (unpaired) electrons. The molecule has 1 amide bonds. The van der Waals surface area contributed by atoms with Crippen LogP contribution in [-0.2, 0) is 16.0 Å². The predicted octanol–water partition coefficient (Wildman–Crippen LogP) is 5.01. The molecule has 5 atom stereocenters. The number of nitrogens with one attached hydrogen (secondary N) is 3. The van der Waals surface area contributed by atoms with E-state index >= 15 is 0 Å². The Bertz CT molecular complexity index is 1770. The zero-order valence-electron chi connectivity index (χ0n) is 30.1. The van der Waals surface area contributed by atoms with Crippen LogP contribution >= 0.6 is 11.8 Å². The van der Waals surface area contributed by atoms with Crippen molar-refractivity contribution in [3.63, 3.8) is 0 Å². The molecule has 10 nitrogen and oxygen atoms in total. The number of benzene rings is 2. The summed E-state index contributed by atoms with van der Waals surface area (Å²) in [6.07, 6.45) is 4.56. The fourth-order valence-corrected chi connectivity index (χ4v) is 7.52. The first kappa shape index (κ1) is 38.2. The van der Waals surface area contributed by atoms with Crippen LogP contribution in [0.25, 0.3) is 10.9 Å². The minimum absolute atomic E-state index is 0.0632. The normalized spacial score (nSPS) is 18.6. The number of hydrogen-bond acceptors (Lipinski definition) is 10. The molecule has 2 aromatic carbocycles. The summed E-state index contributed by atoms with van der Waals surface area (Å²) >= 11 is 1.75. The number of carbonyl (C=O) groups excluding carboxylic acids is 3. The molecule has 0 bridgehead atoms. The maximum atomic E-state index is 13.7. The summed E-state index contributed by atoms with van der Waals surface area (Å²) in [6, 6.07) is 22.7. The molecule has 11 heteroatoms. The van der Waals surface area contributed by atoms with Gasteiger partial charge < -0.3 is 10.4 Å². The Morgan fingerprint density at radius 2 is 1.65 bits per heavy atom. The molecule has 2 unspecified atom stereocenters. The summed E-state index contributed by atoms with van der Waals surface area (Å²) in [5.74, 6) is -1.59. The van der Waals surface area contributed by atoms with Crippen molar-refractivity contribution in [3.8, 4) is 0 Å². The molecule has 0 spiro atoms. The largest absolute Gasteiger partial charge is 0.390 e. The van der Waals surface area contributed by atoms with E-state index in [-0.39, 0.29) is 29.3 Å². The third-order valence-corrected chi connectivity index (χ3v) is 10.3. The number of likely N-dealkylation sites (tertiary alicyclic amines) is 1. The number of aliphatic hydroxyl groups excluding tert-OH is 1. The molecular formula is C40H50N6O4S. The van der Waals surface area contributed by atoms with Gasteiger partial charge in [0, 0.05) is 46.6 Å². The average molecular weight is 711 g/mol. The van der Waals surface area contributed by atoms with E-state index in [0.717, 1.165) is 22.3 Å². The van der Waals surface area contributed by atoms with Crippen molar-refractivity contribution in [2.75, 3.05) is 13.1 Å². The van der Waals surface area contributed by atoms with Crippen molar-refractivity contribution in [3.05, 3.63) is 103 Å². The number of ketones is 2. The Balaban J connectivity index is 1.32. The zero-order valence-corrected chi connectivity index (χ0v) is 30.9. The number of hydrogen-bond donors (Lipinski definition) is 4. The standard InChI is InChI=1S/C40H50N6O4S/c1-26(2)36(38(49)37(48)32-16-15-28-13-9-10-14-31(28)42-32)45-44-33(23-27-11-7-6-8-12-27)35(47)25-46-22-19-30(51-29-17-20-41-21-18-29)24-34(46)39(50)43-40(3,4)5/h6-18,20-21,26,30,33-36,44-45,47H,19,22-25H2,1-5H3,(H,43,50)/t30?,33-,34?,35+,36-/m0/s1. The number of amides is 1. The van der Waals surface area contributed by atoms with Gasteiger partial charge in [-0.25, -0.2) is 10.4 Å². The topological polar surface area (TPSA) is 137 Å². The number of rotatable bonds is 15. The molecule has 3 heterocycles. The smallest absolute Gasteiger partial charge is 0.248 e. The minimum Gasteiger partial charge on any atom is -0.390 e. The lowest BCUT2D eigenvalue weighted by molar-refractivity contribution is -0.129. The molecule has 0 aliphatic carbocycles. The number of nitrogens with zero attached hydrogens (tertiary/aromatic N) is 3. The summed E-state index contributed by atoms with van der Waals surface area (Å²) in [4.78, 5) is 52.6. The van der Waals surface area contributed by atoms with Gasteiger partial charge in [-0.05, 0) is 75.8 Å². The summed E-state index contributed by atoms with van der Waals surface area (Å²) < 4.78 is 0. The van der Waals surface area contributed by atoms with E-state index in [1.807, 2.05) is 101 Å². The van der Waals surface area contributed by atoms with E-state index in [4.69, 9.17) is 0 Å². The Kier molecular flexibility index (Phi) is 13.1. The van der Waals surface area contributed by atoms with Crippen LogP contribution in [0.3, 0.4) is 0 Å². The Hall–Kier alpha value is -4.00. The van der Waals surface area contributed by atoms with E-state index in [1.54, 1.807) is 36.3 Å². The van der Waals surface area contributed by atoms with Gasteiger partial charge in [-0.2, -0.15) is 0 Å². The van der Waals surface area contributed by atoms with Crippen molar-refractivity contribution >= 4 is 40.1 Å². The van der Waals surface area contributed by atoms with Crippen LogP contribution in [0.2, 0.25) is 0 Å². The van der Waals surface area contributed by atoms with E-state index < -0.39 is 41.3 Å². The molecule has 4 aromatic rings. The maximum absolute atomic E-state index is 13.7. The third-order valence-electron chi connectivity index (χ3n) is 9.03. The van der Waals surface area contributed by atoms with Crippen LogP contribution in [0.4, 0.5) is 0 Å². The molecule has 0 saturated carbocycles. The van der Waals surface area contributed by atoms with Crippen LogP contribution in [0.1, 0.15) is 63.5 Å². The van der Waals surface area contributed by atoms with Crippen LogP contribution in [-0.4, -0.2) is 85.6 Å². The summed E-state index contributed by atoms with van der Waals surface area (Å²) in [6.45, 7) is 10.5. The second-order valence-corrected chi connectivity index (χ2v) is 16.0. The van der Waals surface area contributed by atoms with Gasteiger partial charge in [0.2, 0.25) is 17.5 Å². The van der Waals surface area contributed by atoms with E-state index in [9.17, 15) is 19.5 Å². The summed E-state index contributed by atoms with van der Waals surface area (Å²) in [5.41, 5.74) is 7.70. The maximum Gasteiger partial charge on any atom is 0.248 e. The first-order chi connectivity index (χ1) is 24.4. The van der Waals surface area contributed by atoms with Gasteiger partial charge in [0.05, 0.1) is 29.7 Å². The Morgan fingerprint density at radius 3 is 2.35 bits per heavy atom. The molecular weight excluding hydrogens is 661 g/mol. The Labute approximate surface area is 305 Å². The van der Waals surface area contributed by atoms with E-state index in [1.165, 1.54) is 0 Å². The van der Waals surface area contributed by atoms with Gasteiger partial charge in [0.15, 0.2) is 0 Å². The highest BCUT2D eigenvalue weighted by Gasteiger charge is 2.38. The van der Waals surface area contributed by atoms with Gasteiger partial charge in [0.1, 0.15) is 5.69 Å². The number of pyridine rings is 2. The number of carbonyl (C=O) groups is 3. The number of para-hydroxylation sites is 1. The second-order valence-electron chi connectivity index (χ2n) is 14.7. The highest BCUT2D eigenvalue weighted by molar-refractivity contribution is 8.00. The first-order valence-electron chi connectivity index (χ1n) is 17.7. The van der Waals surface area contributed by atoms with Crippen molar-refractivity contribution < 1.29 is 19.5 Å². The molecule has 1 aliphatic rings. The molecule has 1 aliphatic heterocycles. The van der Waals surface area contributed by atoms with Gasteiger partial charge in [0.25, 0.3) is 0 Å². The van der Waals surface area contributed by atoms with Crippen LogP contribution in [0, 0.1) is 5.92 Å². The molecule has 5 rings (SSSR count). The number of thioether (sulfide) groups is 1. The predicted molar refractivity (Wildman–Crippen MR) is 202 cm³/mol. The highest BCUT2D eigenvalue weighted by atomic mass is 32.2. The van der Waals surface area contributed by atoms with Crippen molar-refractivity contribution in [1.82, 2.24) is 31.0 Å². The van der Waals surface area contributed by atoms with Gasteiger partial charge >= 0.3 is 0 Å². The number of aliphatic hydroxyl groups is 1. The molecule has 270 valence electrons. The monoisotopic (exact) mass is 710 g/mol. The quantitative estimate of drug-likeness (QED) is 0.0758. The number of piperidine rings is 1. The lowest BCUT2D eigenvalue weighted by atomic mass is 9.95. The Morgan fingerprint density at radius 1 is 0.941 bits per heavy atom. The van der Waals surface area contributed by atoms with Crippen molar-refractivity contribution in [1.29, 1.82) is 0 Å². The fourth-order valence-electron chi connectivity index (χ4n) is 6.35. The number of β-amino-alcohol motifs (C(OH)–C–C–N with tert-alkyl or cyclic N) is 1. The van der Waals surface area contributed by atoms with E-state index in [2.05, 4.69) is 31.0 Å². The number of hydrazine groups is 1. The van der Waals surface area contributed by atoms with Crippen LogP contribution in [0.5, 0.6) is 0 Å². The van der Waals surface area contributed by atoms with Gasteiger partial charge in [-0.3, -0.25) is 29.7 Å². The molecule has 51 heavy (non-hydrogen) atoms. The van der Waals surface area contributed by atoms with Crippen LogP contribution in [0.15, 0.2) is 96.2 Å².